The number of rotatable bonds is 7. The Morgan fingerprint density at radius 3 is 2.17 bits per heavy atom. The lowest BCUT2D eigenvalue weighted by atomic mass is 10.0. The number of hydrogen-bond donors (Lipinski definition) is 2. The maximum atomic E-state index is 12.0. The Labute approximate surface area is 182 Å². The van der Waals surface area contributed by atoms with Crippen molar-refractivity contribution >= 4 is 33.4 Å². The predicted octanol–water partition coefficient (Wildman–Crippen LogP) is 4.12. The molecule has 0 aliphatic heterocycles. The number of nitriles is 1. The highest BCUT2D eigenvalue weighted by molar-refractivity contribution is 9.10. The van der Waals surface area contributed by atoms with Gasteiger partial charge in [0.1, 0.15) is 5.75 Å². The Hall–Kier alpha value is -3.63. The number of amides is 2. The third kappa shape index (κ3) is 5.93. The van der Waals surface area contributed by atoms with Crippen LogP contribution in [0.1, 0.15) is 5.56 Å². The van der Waals surface area contributed by atoms with Crippen LogP contribution < -0.4 is 15.4 Å². The van der Waals surface area contributed by atoms with Gasteiger partial charge >= 0.3 is 0 Å². The maximum absolute atomic E-state index is 12.0. The fourth-order valence-corrected chi connectivity index (χ4v) is 3.00. The van der Waals surface area contributed by atoms with Crippen LogP contribution in [0.2, 0.25) is 0 Å². The number of para-hydroxylation sites is 1. The van der Waals surface area contributed by atoms with E-state index < -0.39 is 5.91 Å². The summed E-state index contributed by atoms with van der Waals surface area (Å²) >= 11 is 3.35. The fourth-order valence-electron chi connectivity index (χ4n) is 2.62. The molecule has 0 heterocycles. The minimum Gasteiger partial charge on any atom is -0.484 e. The largest absolute Gasteiger partial charge is 0.484 e. The van der Waals surface area contributed by atoms with E-state index in [1.54, 1.807) is 36.4 Å². The quantitative estimate of drug-likeness (QED) is 0.551. The summed E-state index contributed by atoms with van der Waals surface area (Å²) in [4.78, 5) is 23.9. The molecule has 0 aliphatic carbocycles. The second kappa shape index (κ2) is 10.2. The first-order valence-electron chi connectivity index (χ1n) is 9.09. The molecule has 0 spiro atoms. The van der Waals surface area contributed by atoms with Crippen LogP contribution >= 0.6 is 15.9 Å². The Kier molecular flexibility index (Phi) is 7.19. The lowest BCUT2D eigenvalue weighted by Gasteiger charge is -2.10. The van der Waals surface area contributed by atoms with Gasteiger partial charge in [-0.3, -0.25) is 9.59 Å². The lowest BCUT2D eigenvalue weighted by Crippen LogP contribution is -2.35. The molecule has 0 atom stereocenters. The van der Waals surface area contributed by atoms with E-state index in [4.69, 9.17) is 10.00 Å². The minimum absolute atomic E-state index is 0.152. The van der Waals surface area contributed by atoms with Crippen LogP contribution in [-0.4, -0.2) is 25.0 Å². The second-order valence-corrected chi connectivity index (χ2v) is 7.16. The van der Waals surface area contributed by atoms with Crippen LogP contribution in [0.4, 0.5) is 5.69 Å². The van der Waals surface area contributed by atoms with Gasteiger partial charge in [-0.15, -0.1) is 0 Å². The van der Waals surface area contributed by atoms with Crippen molar-refractivity contribution in [1.82, 2.24) is 5.32 Å². The molecule has 3 rings (SSSR count). The number of anilines is 1. The van der Waals surface area contributed by atoms with Gasteiger partial charge in [0.25, 0.3) is 5.91 Å². The normalized spacial score (nSPS) is 10.0. The fraction of sp³-hybridized carbons (Fsp3) is 0.0870. The summed E-state index contributed by atoms with van der Waals surface area (Å²) in [6, 6.07) is 23.9. The Morgan fingerprint density at radius 1 is 0.900 bits per heavy atom. The van der Waals surface area contributed by atoms with Gasteiger partial charge in [-0.25, -0.2) is 0 Å². The van der Waals surface area contributed by atoms with Gasteiger partial charge in [-0.1, -0.05) is 36.4 Å². The number of nitrogens with zero attached hydrogens (tertiary/aromatic N) is 1. The summed E-state index contributed by atoms with van der Waals surface area (Å²) in [5.41, 5.74) is 3.19. The third-order valence-corrected chi connectivity index (χ3v) is 4.86. The number of halogens is 1. The summed E-state index contributed by atoms with van der Waals surface area (Å²) < 4.78 is 6.23. The molecule has 3 aromatic rings. The second-order valence-electron chi connectivity index (χ2n) is 6.31. The van der Waals surface area contributed by atoms with E-state index in [1.807, 2.05) is 36.4 Å². The molecule has 0 radical (unpaired) electrons. The van der Waals surface area contributed by atoms with Gasteiger partial charge in [-0.05, 0) is 63.5 Å². The molecular weight excluding hydrogens is 446 g/mol. The highest BCUT2D eigenvalue weighted by Gasteiger charge is 2.08. The third-order valence-electron chi connectivity index (χ3n) is 4.17. The molecule has 7 heteroatoms. The molecule has 0 saturated heterocycles. The number of hydrogen-bond acceptors (Lipinski definition) is 4. The molecule has 2 amide bonds. The molecule has 0 bridgehead atoms. The van der Waals surface area contributed by atoms with Gasteiger partial charge in [-0.2, -0.15) is 5.26 Å². The molecular formula is C23H18BrN3O3. The molecule has 0 aliphatic rings. The van der Waals surface area contributed by atoms with Gasteiger partial charge < -0.3 is 15.4 Å². The van der Waals surface area contributed by atoms with Crippen molar-refractivity contribution < 1.29 is 14.3 Å². The zero-order chi connectivity index (χ0) is 21.3. The summed E-state index contributed by atoms with van der Waals surface area (Å²) in [6.45, 7) is -0.348. The van der Waals surface area contributed by atoms with Gasteiger partial charge in [0.2, 0.25) is 5.91 Å². The van der Waals surface area contributed by atoms with Crippen LogP contribution in [0.25, 0.3) is 11.1 Å². The molecule has 0 unspecified atom stereocenters. The topological polar surface area (TPSA) is 91.2 Å². The summed E-state index contributed by atoms with van der Waals surface area (Å²) in [5.74, 6) is -0.185. The number of carbonyl (C=O) groups excluding carboxylic acids is 2. The van der Waals surface area contributed by atoms with E-state index in [-0.39, 0.29) is 19.1 Å². The van der Waals surface area contributed by atoms with Crippen molar-refractivity contribution in [3.05, 3.63) is 82.8 Å². The molecule has 0 aromatic heterocycles. The van der Waals surface area contributed by atoms with E-state index >= 15 is 0 Å². The van der Waals surface area contributed by atoms with Crippen LogP contribution in [-0.2, 0) is 9.59 Å². The molecule has 30 heavy (non-hydrogen) atoms. The van der Waals surface area contributed by atoms with Crippen LogP contribution in [0.3, 0.4) is 0 Å². The monoisotopic (exact) mass is 463 g/mol. The number of benzene rings is 3. The van der Waals surface area contributed by atoms with Crippen LogP contribution in [0.5, 0.6) is 5.75 Å². The highest BCUT2D eigenvalue weighted by atomic mass is 79.9. The number of carbonyl (C=O) groups is 2. The van der Waals surface area contributed by atoms with Crippen LogP contribution in [0.15, 0.2) is 77.3 Å². The smallest absolute Gasteiger partial charge is 0.258 e. The first-order valence-corrected chi connectivity index (χ1v) is 9.89. The number of ether oxygens (including phenoxy) is 1. The zero-order valence-electron chi connectivity index (χ0n) is 15.9. The standard InChI is InChI=1S/C23H18BrN3O3/c24-20-3-1-2-4-21(20)27-22(28)14-26-23(29)15-30-19-11-9-18(10-12-19)17-7-5-16(13-25)6-8-17/h1-12H,14-15H2,(H,26,29)(H,27,28). The Bertz CT molecular complexity index is 1070. The van der Waals surface area contributed by atoms with Crippen molar-refractivity contribution in [3.8, 4) is 22.9 Å². The summed E-state index contributed by atoms with van der Waals surface area (Å²) in [7, 11) is 0. The summed E-state index contributed by atoms with van der Waals surface area (Å²) in [6.07, 6.45) is 0. The van der Waals surface area contributed by atoms with Gasteiger partial charge in [0, 0.05) is 4.47 Å². The Morgan fingerprint density at radius 2 is 1.53 bits per heavy atom. The van der Waals surface area contributed by atoms with E-state index in [0.717, 1.165) is 15.6 Å². The molecule has 0 saturated carbocycles. The predicted molar refractivity (Wildman–Crippen MR) is 118 cm³/mol. The van der Waals surface area contributed by atoms with Crippen molar-refractivity contribution in [2.24, 2.45) is 0 Å². The molecule has 150 valence electrons. The molecule has 6 nitrogen and oxygen atoms in total. The van der Waals surface area contributed by atoms with Crippen LogP contribution in [0, 0.1) is 11.3 Å². The highest BCUT2D eigenvalue weighted by Crippen LogP contribution is 2.23. The zero-order valence-corrected chi connectivity index (χ0v) is 17.5. The van der Waals surface area contributed by atoms with E-state index in [1.165, 1.54) is 0 Å². The molecule has 3 aromatic carbocycles. The molecule has 2 N–H and O–H groups in total. The number of nitrogens with one attached hydrogen (secondary N) is 2. The van der Waals surface area contributed by atoms with E-state index in [9.17, 15) is 9.59 Å². The van der Waals surface area contributed by atoms with Crippen molar-refractivity contribution in [3.63, 3.8) is 0 Å². The van der Waals surface area contributed by atoms with Gasteiger partial charge in [0.05, 0.1) is 23.9 Å². The minimum atomic E-state index is -0.395. The SMILES string of the molecule is N#Cc1ccc(-c2ccc(OCC(=O)NCC(=O)Nc3ccccc3Br)cc2)cc1. The lowest BCUT2D eigenvalue weighted by molar-refractivity contribution is -0.125. The Balaban J connectivity index is 1.44. The maximum Gasteiger partial charge on any atom is 0.258 e. The van der Waals surface area contributed by atoms with Crippen molar-refractivity contribution in [2.45, 2.75) is 0 Å². The average molecular weight is 464 g/mol. The molecule has 0 fully saturated rings. The average Bonchev–Trinajstić information content (AvgIpc) is 2.78. The van der Waals surface area contributed by atoms with E-state index in [2.05, 4.69) is 32.6 Å². The van der Waals surface area contributed by atoms with Gasteiger partial charge in [0.15, 0.2) is 6.61 Å². The van der Waals surface area contributed by atoms with Crippen molar-refractivity contribution in [2.75, 3.05) is 18.5 Å². The first-order chi connectivity index (χ1) is 14.5. The summed E-state index contributed by atoms with van der Waals surface area (Å²) in [5, 5.41) is 14.1. The van der Waals surface area contributed by atoms with E-state index in [0.29, 0.717) is 17.0 Å². The van der Waals surface area contributed by atoms with Crippen molar-refractivity contribution in [1.29, 1.82) is 5.26 Å². The first kappa shape index (κ1) is 21.1.